The number of aliphatic hydroxyl groups excluding tert-OH is 1. The minimum atomic E-state index is -3.18. The van der Waals surface area contributed by atoms with Gasteiger partial charge in [0, 0.05) is 5.41 Å². The Bertz CT molecular complexity index is 347. The van der Waals surface area contributed by atoms with E-state index in [4.69, 9.17) is 5.11 Å². The second kappa shape index (κ2) is 15.5. The quantitative estimate of drug-likeness (QED) is 0.405. The van der Waals surface area contributed by atoms with Crippen molar-refractivity contribution in [3.05, 3.63) is 11.5 Å². The van der Waals surface area contributed by atoms with Crippen molar-refractivity contribution in [2.24, 2.45) is 0 Å². The van der Waals surface area contributed by atoms with Crippen LogP contribution in [0, 0.1) is 0 Å². The molecular weight excluding hydrogens is 296 g/mol. The summed E-state index contributed by atoms with van der Waals surface area (Å²) >= 11 is 0. The van der Waals surface area contributed by atoms with E-state index in [1.165, 1.54) is 76.0 Å². The van der Waals surface area contributed by atoms with E-state index in [9.17, 15) is 8.42 Å². The number of hydrogen-bond donors (Lipinski definition) is 1. The molecule has 0 spiro atoms. The second-order valence-electron chi connectivity index (χ2n) is 6.14. The Kier molecular flexibility index (Phi) is 15.3. The minimum absolute atomic E-state index is 0.165. The highest BCUT2D eigenvalue weighted by Gasteiger charge is 2.02. The first-order valence-electron chi connectivity index (χ1n) is 9.12. The molecule has 0 heterocycles. The lowest BCUT2D eigenvalue weighted by atomic mass is 10.0. The highest BCUT2D eigenvalue weighted by atomic mass is 32.2. The number of rotatable bonds is 16. The van der Waals surface area contributed by atoms with Gasteiger partial charge in [0.05, 0.1) is 12.4 Å². The molecule has 1 N–H and O–H groups in total. The standard InChI is InChI=1S/C18H36O3S/c1-2-3-4-5-6-7-8-9-10-11-12-13-14-15-17-22(20,21)18-16-19/h15,17,19H,2-14,16,18H2,1H3/b17-15+. The van der Waals surface area contributed by atoms with Crippen LogP contribution < -0.4 is 0 Å². The zero-order valence-electron chi connectivity index (χ0n) is 14.4. The van der Waals surface area contributed by atoms with Crippen LogP contribution in [0.1, 0.15) is 90.4 Å². The van der Waals surface area contributed by atoms with Crippen LogP contribution in [0.25, 0.3) is 0 Å². The van der Waals surface area contributed by atoms with Gasteiger partial charge in [0.1, 0.15) is 0 Å². The van der Waals surface area contributed by atoms with Gasteiger partial charge < -0.3 is 5.11 Å². The van der Waals surface area contributed by atoms with Crippen molar-refractivity contribution >= 4 is 9.84 Å². The van der Waals surface area contributed by atoms with Crippen molar-refractivity contribution in [2.75, 3.05) is 12.4 Å². The number of hydrogen-bond acceptors (Lipinski definition) is 3. The maximum Gasteiger partial charge on any atom is 0.173 e. The molecule has 0 saturated heterocycles. The van der Waals surface area contributed by atoms with Crippen LogP contribution in [0.15, 0.2) is 11.5 Å². The molecule has 0 aromatic rings. The zero-order chi connectivity index (χ0) is 16.5. The van der Waals surface area contributed by atoms with E-state index in [1.807, 2.05) is 0 Å². The summed E-state index contributed by atoms with van der Waals surface area (Å²) in [5.74, 6) is -0.165. The smallest absolute Gasteiger partial charge is 0.173 e. The summed E-state index contributed by atoms with van der Waals surface area (Å²) in [7, 11) is -3.18. The summed E-state index contributed by atoms with van der Waals surface area (Å²) in [6.07, 6.45) is 18.3. The average molecular weight is 333 g/mol. The fourth-order valence-corrected chi connectivity index (χ4v) is 3.33. The molecule has 0 aromatic heterocycles. The van der Waals surface area contributed by atoms with Gasteiger partial charge in [-0.05, 0) is 12.8 Å². The van der Waals surface area contributed by atoms with Crippen molar-refractivity contribution in [1.29, 1.82) is 0 Å². The zero-order valence-corrected chi connectivity index (χ0v) is 15.2. The third-order valence-electron chi connectivity index (χ3n) is 3.90. The Hall–Kier alpha value is -0.350. The average Bonchev–Trinajstić information content (AvgIpc) is 2.47. The molecule has 0 aliphatic heterocycles. The first kappa shape index (κ1) is 21.6. The van der Waals surface area contributed by atoms with E-state index in [0.717, 1.165) is 12.8 Å². The first-order chi connectivity index (χ1) is 10.6. The Balaban J connectivity index is 3.25. The first-order valence-corrected chi connectivity index (χ1v) is 10.8. The summed E-state index contributed by atoms with van der Waals surface area (Å²) in [4.78, 5) is 0. The van der Waals surface area contributed by atoms with Crippen LogP contribution in [0.3, 0.4) is 0 Å². The maximum absolute atomic E-state index is 11.3. The van der Waals surface area contributed by atoms with Crippen molar-refractivity contribution in [2.45, 2.75) is 90.4 Å². The predicted octanol–water partition coefficient (Wildman–Crippen LogP) is 5.00. The summed E-state index contributed by atoms with van der Waals surface area (Å²) in [6.45, 7) is 1.95. The molecular formula is C18H36O3S. The molecule has 4 heteroatoms. The van der Waals surface area contributed by atoms with Crippen LogP contribution in [0.2, 0.25) is 0 Å². The second-order valence-corrected chi connectivity index (χ2v) is 8.15. The monoisotopic (exact) mass is 332 g/mol. The van der Waals surface area contributed by atoms with Gasteiger partial charge in [-0.2, -0.15) is 0 Å². The lowest BCUT2D eigenvalue weighted by molar-refractivity contribution is 0.320. The van der Waals surface area contributed by atoms with Crippen molar-refractivity contribution in [3.63, 3.8) is 0 Å². The van der Waals surface area contributed by atoms with E-state index < -0.39 is 9.84 Å². The van der Waals surface area contributed by atoms with Gasteiger partial charge in [-0.25, -0.2) is 8.42 Å². The van der Waals surface area contributed by atoms with E-state index in [0.29, 0.717) is 0 Å². The van der Waals surface area contributed by atoms with E-state index in [-0.39, 0.29) is 12.4 Å². The number of sulfone groups is 1. The molecule has 0 atom stereocenters. The Labute approximate surface area is 138 Å². The molecule has 0 saturated carbocycles. The van der Waals surface area contributed by atoms with Crippen LogP contribution in [0.4, 0.5) is 0 Å². The van der Waals surface area contributed by atoms with Gasteiger partial charge in [0.2, 0.25) is 0 Å². The van der Waals surface area contributed by atoms with Crippen LogP contribution in [-0.2, 0) is 9.84 Å². The van der Waals surface area contributed by atoms with Gasteiger partial charge in [-0.3, -0.25) is 0 Å². The predicted molar refractivity (Wildman–Crippen MR) is 95.7 cm³/mol. The number of aliphatic hydroxyl groups is 1. The largest absolute Gasteiger partial charge is 0.395 e. The van der Waals surface area contributed by atoms with Crippen LogP contribution in [-0.4, -0.2) is 25.9 Å². The lowest BCUT2D eigenvalue weighted by Crippen LogP contribution is -2.05. The maximum atomic E-state index is 11.3. The number of unbranched alkanes of at least 4 members (excludes halogenated alkanes) is 12. The Morgan fingerprint density at radius 1 is 0.773 bits per heavy atom. The number of allylic oxidation sites excluding steroid dienone is 1. The third-order valence-corrected chi connectivity index (χ3v) is 5.26. The van der Waals surface area contributed by atoms with Gasteiger partial charge in [0.25, 0.3) is 0 Å². The molecule has 0 aromatic carbocycles. The van der Waals surface area contributed by atoms with Crippen molar-refractivity contribution in [1.82, 2.24) is 0 Å². The van der Waals surface area contributed by atoms with E-state index in [2.05, 4.69) is 6.92 Å². The molecule has 22 heavy (non-hydrogen) atoms. The molecule has 0 bridgehead atoms. The van der Waals surface area contributed by atoms with Crippen LogP contribution in [0.5, 0.6) is 0 Å². The molecule has 0 aliphatic rings. The highest BCUT2D eigenvalue weighted by Crippen LogP contribution is 2.12. The Morgan fingerprint density at radius 2 is 1.23 bits per heavy atom. The normalized spacial score (nSPS) is 12.3. The van der Waals surface area contributed by atoms with Crippen LogP contribution >= 0.6 is 0 Å². The van der Waals surface area contributed by atoms with Crippen molar-refractivity contribution in [3.8, 4) is 0 Å². The summed E-state index contributed by atoms with van der Waals surface area (Å²) in [6, 6.07) is 0. The molecule has 0 aliphatic carbocycles. The highest BCUT2D eigenvalue weighted by molar-refractivity contribution is 7.94. The van der Waals surface area contributed by atoms with Gasteiger partial charge in [-0.15, -0.1) is 0 Å². The summed E-state index contributed by atoms with van der Waals surface area (Å²) in [5.41, 5.74) is 0. The third kappa shape index (κ3) is 16.0. The minimum Gasteiger partial charge on any atom is -0.395 e. The van der Waals surface area contributed by atoms with Crippen molar-refractivity contribution < 1.29 is 13.5 Å². The molecule has 0 radical (unpaired) electrons. The molecule has 132 valence electrons. The fraction of sp³-hybridized carbons (Fsp3) is 0.889. The molecule has 3 nitrogen and oxygen atoms in total. The fourth-order valence-electron chi connectivity index (χ4n) is 2.51. The topological polar surface area (TPSA) is 54.4 Å². The SMILES string of the molecule is CCCCCCCCCCCCCC/C=C/S(=O)(=O)CCO. The lowest BCUT2D eigenvalue weighted by Gasteiger charge is -2.02. The molecule has 0 unspecified atom stereocenters. The Morgan fingerprint density at radius 3 is 1.68 bits per heavy atom. The summed E-state index contributed by atoms with van der Waals surface area (Å²) < 4.78 is 22.6. The van der Waals surface area contributed by atoms with E-state index in [1.54, 1.807) is 6.08 Å². The molecule has 0 fully saturated rings. The van der Waals surface area contributed by atoms with Gasteiger partial charge >= 0.3 is 0 Å². The van der Waals surface area contributed by atoms with E-state index >= 15 is 0 Å². The molecule has 0 rings (SSSR count). The van der Waals surface area contributed by atoms with Gasteiger partial charge in [-0.1, -0.05) is 83.6 Å². The summed E-state index contributed by atoms with van der Waals surface area (Å²) in [5, 5.41) is 9.86. The van der Waals surface area contributed by atoms with Gasteiger partial charge in [0.15, 0.2) is 9.84 Å². The molecule has 0 amide bonds.